The first kappa shape index (κ1) is 14.6. The normalized spacial score (nSPS) is 25.3. The zero-order chi connectivity index (χ0) is 15.0. The van der Waals surface area contributed by atoms with Gasteiger partial charge in [-0.2, -0.15) is 5.10 Å². The van der Waals surface area contributed by atoms with Gasteiger partial charge in [0.15, 0.2) is 9.84 Å². The van der Waals surface area contributed by atoms with Gasteiger partial charge < -0.3 is 5.32 Å². The summed E-state index contributed by atoms with van der Waals surface area (Å²) in [5, 5.41) is 7.35. The van der Waals surface area contributed by atoms with E-state index in [1.54, 1.807) is 10.7 Å². The Morgan fingerprint density at radius 2 is 2.05 bits per heavy atom. The van der Waals surface area contributed by atoms with Crippen LogP contribution < -0.4 is 5.32 Å². The van der Waals surface area contributed by atoms with E-state index in [-0.39, 0.29) is 29.5 Å². The Morgan fingerprint density at radius 3 is 2.67 bits per heavy atom. The Balaban J connectivity index is 1.73. The van der Waals surface area contributed by atoms with Crippen LogP contribution in [0.3, 0.4) is 0 Å². The summed E-state index contributed by atoms with van der Waals surface area (Å²) in [6.07, 6.45) is 4.98. The quantitative estimate of drug-likeness (QED) is 0.910. The summed E-state index contributed by atoms with van der Waals surface area (Å²) in [6, 6.07) is 1.87. The third-order valence-electron chi connectivity index (χ3n) is 4.40. The molecule has 6 nitrogen and oxygen atoms in total. The number of nitrogens with one attached hydrogen (secondary N) is 1. The van der Waals surface area contributed by atoms with Crippen molar-refractivity contribution in [2.45, 2.75) is 51.1 Å². The van der Waals surface area contributed by atoms with Gasteiger partial charge in [0.1, 0.15) is 5.69 Å². The highest BCUT2D eigenvalue weighted by Crippen LogP contribution is 2.25. The third-order valence-corrected chi connectivity index (χ3v) is 6.15. The molecular weight excluding hydrogens is 290 g/mol. The first-order chi connectivity index (χ1) is 9.94. The zero-order valence-corrected chi connectivity index (χ0v) is 13.0. The lowest BCUT2D eigenvalue weighted by atomic mass is 10.2. The molecule has 0 aromatic carbocycles. The number of carbonyl (C=O) groups is 1. The largest absolute Gasteiger partial charge is 0.348 e. The summed E-state index contributed by atoms with van der Waals surface area (Å²) in [5.41, 5.74) is 1.23. The molecule has 1 saturated carbocycles. The lowest BCUT2D eigenvalue weighted by Crippen LogP contribution is -2.33. The number of sulfone groups is 1. The molecule has 1 saturated heterocycles. The Kier molecular flexibility index (Phi) is 3.77. The highest BCUT2D eigenvalue weighted by molar-refractivity contribution is 7.91. The first-order valence-electron chi connectivity index (χ1n) is 7.52. The molecule has 3 rings (SSSR count). The summed E-state index contributed by atoms with van der Waals surface area (Å²) in [7, 11) is -2.95. The number of hydrogen-bond acceptors (Lipinski definition) is 4. The topological polar surface area (TPSA) is 81.1 Å². The van der Waals surface area contributed by atoms with Crippen molar-refractivity contribution in [2.24, 2.45) is 0 Å². The first-order valence-corrected chi connectivity index (χ1v) is 9.34. The van der Waals surface area contributed by atoms with E-state index >= 15 is 0 Å². The molecule has 1 amide bonds. The van der Waals surface area contributed by atoms with Gasteiger partial charge in [-0.05, 0) is 32.3 Å². The van der Waals surface area contributed by atoms with Gasteiger partial charge in [0.05, 0.1) is 17.5 Å². The minimum atomic E-state index is -2.95. The molecule has 116 valence electrons. The fourth-order valence-electron chi connectivity index (χ4n) is 3.27. The van der Waals surface area contributed by atoms with E-state index in [1.807, 2.05) is 6.92 Å². The standard InChI is InChI=1S/C14H21N3O3S/c1-10-8-13(14(18)15-11-4-2-3-5-11)16-17(10)12-6-7-21(19,20)9-12/h8,11-12H,2-7,9H2,1H3,(H,15,18). The Labute approximate surface area is 124 Å². The minimum Gasteiger partial charge on any atom is -0.348 e. The average molecular weight is 311 g/mol. The van der Waals surface area contributed by atoms with E-state index in [0.29, 0.717) is 12.1 Å². The van der Waals surface area contributed by atoms with Crippen molar-refractivity contribution in [2.75, 3.05) is 11.5 Å². The highest BCUT2D eigenvalue weighted by Gasteiger charge is 2.31. The molecule has 1 atom stereocenters. The van der Waals surface area contributed by atoms with Gasteiger partial charge in [0, 0.05) is 11.7 Å². The summed E-state index contributed by atoms with van der Waals surface area (Å²) < 4.78 is 24.9. The van der Waals surface area contributed by atoms with Crippen LogP contribution in [-0.4, -0.2) is 41.7 Å². The molecular formula is C14H21N3O3S. The van der Waals surface area contributed by atoms with E-state index in [4.69, 9.17) is 0 Å². The number of aromatic nitrogens is 2. The lowest BCUT2D eigenvalue weighted by Gasteiger charge is -2.11. The lowest BCUT2D eigenvalue weighted by molar-refractivity contribution is 0.0931. The smallest absolute Gasteiger partial charge is 0.272 e. The molecule has 1 N–H and O–H groups in total. The fourth-order valence-corrected chi connectivity index (χ4v) is 4.96. The van der Waals surface area contributed by atoms with Gasteiger partial charge in [0.25, 0.3) is 5.91 Å². The maximum Gasteiger partial charge on any atom is 0.272 e. The second-order valence-corrected chi connectivity index (χ2v) is 8.36. The molecule has 2 aliphatic rings. The predicted octanol–water partition coefficient (Wildman–Crippen LogP) is 1.22. The SMILES string of the molecule is Cc1cc(C(=O)NC2CCCC2)nn1C1CCS(=O)(=O)C1. The monoisotopic (exact) mass is 311 g/mol. The molecule has 0 bridgehead atoms. The number of carbonyl (C=O) groups excluding carboxylic acids is 1. The van der Waals surface area contributed by atoms with Crippen molar-refractivity contribution in [3.05, 3.63) is 17.5 Å². The van der Waals surface area contributed by atoms with Gasteiger partial charge in [-0.15, -0.1) is 0 Å². The van der Waals surface area contributed by atoms with E-state index in [9.17, 15) is 13.2 Å². The molecule has 7 heteroatoms. The van der Waals surface area contributed by atoms with Crippen LogP contribution in [0.5, 0.6) is 0 Å². The number of amides is 1. The number of nitrogens with zero attached hydrogens (tertiary/aromatic N) is 2. The second kappa shape index (κ2) is 5.44. The Morgan fingerprint density at radius 1 is 1.33 bits per heavy atom. The van der Waals surface area contributed by atoms with Gasteiger partial charge in [-0.1, -0.05) is 12.8 Å². The summed E-state index contributed by atoms with van der Waals surface area (Å²) >= 11 is 0. The summed E-state index contributed by atoms with van der Waals surface area (Å²) in [6.45, 7) is 1.87. The summed E-state index contributed by atoms with van der Waals surface area (Å²) in [5.74, 6) is 0.185. The molecule has 1 aromatic heterocycles. The predicted molar refractivity (Wildman–Crippen MR) is 79.0 cm³/mol. The Hall–Kier alpha value is -1.37. The van der Waals surface area contributed by atoms with Gasteiger partial charge >= 0.3 is 0 Å². The number of hydrogen-bond donors (Lipinski definition) is 1. The van der Waals surface area contributed by atoms with Crippen LogP contribution in [0, 0.1) is 6.92 Å². The maximum atomic E-state index is 12.2. The molecule has 2 fully saturated rings. The van der Waals surface area contributed by atoms with Crippen molar-refractivity contribution in [1.29, 1.82) is 0 Å². The molecule has 0 radical (unpaired) electrons. The Bertz CT molecular complexity index is 644. The number of aryl methyl sites for hydroxylation is 1. The fraction of sp³-hybridized carbons (Fsp3) is 0.714. The zero-order valence-electron chi connectivity index (χ0n) is 12.2. The van der Waals surface area contributed by atoms with Gasteiger partial charge in [-0.25, -0.2) is 8.42 Å². The van der Waals surface area contributed by atoms with Crippen molar-refractivity contribution in [3.8, 4) is 0 Å². The van der Waals surface area contributed by atoms with E-state index < -0.39 is 9.84 Å². The van der Waals surface area contributed by atoms with E-state index in [2.05, 4.69) is 10.4 Å². The van der Waals surface area contributed by atoms with Crippen LogP contribution in [0.15, 0.2) is 6.07 Å². The number of rotatable bonds is 3. The highest BCUT2D eigenvalue weighted by atomic mass is 32.2. The van der Waals surface area contributed by atoms with Gasteiger partial charge in [0.2, 0.25) is 0 Å². The third kappa shape index (κ3) is 3.12. The van der Waals surface area contributed by atoms with Crippen LogP contribution in [0.1, 0.15) is 54.3 Å². The van der Waals surface area contributed by atoms with Crippen LogP contribution in [-0.2, 0) is 9.84 Å². The molecule has 1 aliphatic carbocycles. The molecule has 1 unspecified atom stereocenters. The average Bonchev–Trinajstić information content (AvgIpc) is 3.10. The molecule has 1 aromatic rings. The van der Waals surface area contributed by atoms with Crippen LogP contribution in [0.2, 0.25) is 0 Å². The van der Waals surface area contributed by atoms with Crippen LogP contribution in [0.4, 0.5) is 0 Å². The maximum absolute atomic E-state index is 12.2. The second-order valence-electron chi connectivity index (χ2n) is 6.13. The van der Waals surface area contributed by atoms with Crippen molar-refractivity contribution < 1.29 is 13.2 Å². The molecule has 0 spiro atoms. The van der Waals surface area contributed by atoms with Crippen LogP contribution >= 0.6 is 0 Å². The van der Waals surface area contributed by atoms with Crippen molar-refractivity contribution in [3.63, 3.8) is 0 Å². The molecule has 21 heavy (non-hydrogen) atoms. The van der Waals surface area contributed by atoms with Crippen molar-refractivity contribution in [1.82, 2.24) is 15.1 Å². The molecule has 1 aliphatic heterocycles. The minimum absolute atomic E-state index is 0.124. The van der Waals surface area contributed by atoms with Crippen molar-refractivity contribution >= 4 is 15.7 Å². The molecule has 2 heterocycles. The van der Waals surface area contributed by atoms with Gasteiger partial charge in [-0.3, -0.25) is 9.48 Å². The van der Waals surface area contributed by atoms with Crippen LogP contribution in [0.25, 0.3) is 0 Å². The van der Waals surface area contributed by atoms with E-state index in [0.717, 1.165) is 18.5 Å². The van der Waals surface area contributed by atoms with E-state index in [1.165, 1.54) is 12.8 Å². The summed E-state index contributed by atoms with van der Waals surface area (Å²) in [4.78, 5) is 12.2.